The molecule has 0 radical (unpaired) electrons. The highest BCUT2D eigenvalue weighted by Crippen LogP contribution is 2.26. The van der Waals surface area contributed by atoms with Gasteiger partial charge < -0.3 is 9.47 Å². The van der Waals surface area contributed by atoms with E-state index in [1.165, 1.54) is 0 Å². The molecule has 0 spiro atoms. The van der Waals surface area contributed by atoms with Gasteiger partial charge in [0.25, 0.3) is 0 Å². The molecule has 0 unspecified atom stereocenters. The Balaban J connectivity index is 2.14. The summed E-state index contributed by atoms with van der Waals surface area (Å²) in [6.07, 6.45) is 5.55. The zero-order valence-electron chi connectivity index (χ0n) is 11.9. The Bertz CT molecular complexity index is 750. The van der Waals surface area contributed by atoms with Crippen molar-refractivity contribution in [2.24, 2.45) is 0 Å². The number of benzene rings is 1. The number of thioether (sulfide) groups is 1. The first-order valence-corrected chi connectivity index (χ1v) is 7.70. The normalized spacial score (nSPS) is 11.8. The van der Waals surface area contributed by atoms with Gasteiger partial charge in [0.05, 0.1) is 22.9 Å². The van der Waals surface area contributed by atoms with Crippen LogP contribution in [0.4, 0.5) is 0 Å². The number of likely N-dealkylation sites (N-methyl/N-ethyl adjacent to an activating group) is 1. The molecule has 0 bridgehead atoms. The van der Waals surface area contributed by atoms with Gasteiger partial charge in [-0.05, 0) is 32.5 Å². The number of fused-ring (bicyclic) bond motifs is 2. The Labute approximate surface area is 122 Å². The van der Waals surface area contributed by atoms with E-state index in [-0.39, 0.29) is 0 Å². The SMILES string of the molecule is CSc1ncnc2cc3ncn(CCN(C)C)c3cc12. The third-order valence-corrected chi connectivity index (χ3v) is 4.03. The molecule has 20 heavy (non-hydrogen) atoms. The number of nitrogens with zero attached hydrogens (tertiary/aromatic N) is 5. The summed E-state index contributed by atoms with van der Waals surface area (Å²) in [7, 11) is 4.16. The molecule has 0 aliphatic carbocycles. The number of rotatable bonds is 4. The van der Waals surface area contributed by atoms with E-state index in [0.717, 1.165) is 40.1 Å². The van der Waals surface area contributed by atoms with Crippen molar-refractivity contribution in [1.29, 1.82) is 0 Å². The Morgan fingerprint density at radius 3 is 2.75 bits per heavy atom. The van der Waals surface area contributed by atoms with Gasteiger partial charge in [-0.1, -0.05) is 0 Å². The molecule has 0 atom stereocenters. The molecule has 0 aliphatic heterocycles. The minimum atomic E-state index is 0.928. The fourth-order valence-electron chi connectivity index (χ4n) is 2.23. The average Bonchev–Trinajstić information content (AvgIpc) is 2.84. The lowest BCUT2D eigenvalue weighted by Crippen LogP contribution is -2.17. The highest BCUT2D eigenvalue weighted by atomic mass is 32.2. The number of aromatic nitrogens is 4. The third kappa shape index (κ3) is 2.36. The Morgan fingerprint density at radius 1 is 1.15 bits per heavy atom. The number of imidazole rings is 1. The predicted molar refractivity (Wildman–Crippen MR) is 83.2 cm³/mol. The van der Waals surface area contributed by atoms with E-state index >= 15 is 0 Å². The lowest BCUT2D eigenvalue weighted by molar-refractivity contribution is 0.386. The van der Waals surface area contributed by atoms with Crippen LogP contribution in [0.5, 0.6) is 0 Å². The first-order chi connectivity index (χ1) is 9.69. The molecule has 6 heteroatoms. The summed E-state index contributed by atoms with van der Waals surface area (Å²) < 4.78 is 2.19. The molecule has 0 N–H and O–H groups in total. The van der Waals surface area contributed by atoms with Crippen molar-refractivity contribution in [3.05, 3.63) is 24.8 Å². The molecule has 3 rings (SSSR count). The molecular formula is C14H17N5S. The van der Waals surface area contributed by atoms with Crippen LogP contribution in [-0.4, -0.2) is 51.3 Å². The van der Waals surface area contributed by atoms with Gasteiger partial charge in [-0.25, -0.2) is 15.0 Å². The molecule has 0 fully saturated rings. The van der Waals surface area contributed by atoms with Crippen molar-refractivity contribution in [1.82, 2.24) is 24.4 Å². The molecule has 2 aromatic heterocycles. The number of hydrogen-bond acceptors (Lipinski definition) is 5. The minimum absolute atomic E-state index is 0.928. The molecule has 0 saturated heterocycles. The van der Waals surface area contributed by atoms with Crippen molar-refractivity contribution < 1.29 is 0 Å². The zero-order chi connectivity index (χ0) is 14.1. The van der Waals surface area contributed by atoms with Crippen LogP contribution in [0.2, 0.25) is 0 Å². The Kier molecular flexibility index (Phi) is 3.58. The lowest BCUT2D eigenvalue weighted by Gasteiger charge is -2.10. The summed E-state index contributed by atoms with van der Waals surface area (Å²) in [6.45, 7) is 1.92. The molecule has 5 nitrogen and oxygen atoms in total. The second-order valence-corrected chi connectivity index (χ2v) is 5.78. The fourth-order valence-corrected chi connectivity index (χ4v) is 2.77. The summed E-state index contributed by atoms with van der Waals surface area (Å²) in [5, 5.41) is 2.11. The maximum absolute atomic E-state index is 4.48. The summed E-state index contributed by atoms with van der Waals surface area (Å²) in [5.74, 6) is 0. The van der Waals surface area contributed by atoms with E-state index in [0.29, 0.717) is 0 Å². The summed E-state index contributed by atoms with van der Waals surface area (Å²) in [5.41, 5.74) is 3.08. The molecule has 0 saturated carbocycles. The van der Waals surface area contributed by atoms with Crippen LogP contribution in [0, 0.1) is 0 Å². The first-order valence-electron chi connectivity index (χ1n) is 6.47. The predicted octanol–water partition coefficient (Wildman–Crippen LogP) is 2.26. The second-order valence-electron chi connectivity index (χ2n) is 4.98. The lowest BCUT2D eigenvalue weighted by atomic mass is 10.2. The maximum Gasteiger partial charge on any atom is 0.117 e. The smallest absolute Gasteiger partial charge is 0.117 e. The van der Waals surface area contributed by atoms with Crippen LogP contribution >= 0.6 is 11.8 Å². The van der Waals surface area contributed by atoms with Crippen LogP contribution < -0.4 is 0 Å². The molecule has 3 aromatic rings. The third-order valence-electron chi connectivity index (χ3n) is 3.32. The van der Waals surface area contributed by atoms with Gasteiger partial charge in [-0.3, -0.25) is 0 Å². The quantitative estimate of drug-likeness (QED) is 0.544. The van der Waals surface area contributed by atoms with Gasteiger partial charge in [-0.2, -0.15) is 0 Å². The first kappa shape index (κ1) is 13.3. The van der Waals surface area contributed by atoms with E-state index in [1.54, 1.807) is 18.1 Å². The van der Waals surface area contributed by atoms with E-state index in [4.69, 9.17) is 0 Å². The molecule has 0 aliphatic rings. The Morgan fingerprint density at radius 2 is 2.00 bits per heavy atom. The minimum Gasteiger partial charge on any atom is -0.329 e. The molecule has 2 heterocycles. The van der Waals surface area contributed by atoms with Crippen molar-refractivity contribution >= 4 is 33.7 Å². The van der Waals surface area contributed by atoms with Crippen LogP contribution in [0.15, 0.2) is 29.8 Å². The largest absolute Gasteiger partial charge is 0.329 e. The molecule has 1 aromatic carbocycles. The van der Waals surface area contributed by atoms with Crippen LogP contribution in [0.25, 0.3) is 21.9 Å². The van der Waals surface area contributed by atoms with Gasteiger partial charge in [0.15, 0.2) is 0 Å². The molecule has 0 amide bonds. The van der Waals surface area contributed by atoms with Gasteiger partial charge in [-0.15, -0.1) is 11.8 Å². The number of hydrogen-bond donors (Lipinski definition) is 0. The standard InChI is InChI=1S/C14H17N5S/c1-18(2)4-5-19-9-17-12-7-11-10(6-13(12)19)14(20-3)16-8-15-11/h6-9H,4-5H2,1-3H3. The van der Waals surface area contributed by atoms with Gasteiger partial charge in [0, 0.05) is 18.5 Å². The van der Waals surface area contributed by atoms with Gasteiger partial charge >= 0.3 is 0 Å². The Hall–Kier alpha value is -1.66. The average molecular weight is 287 g/mol. The summed E-state index contributed by atoms with van der Waals surface area (Å²) >= 11 is 1.64. The monoisotopic (exact) mass is 287 g/mol. The summed E-state index contributed by atoms with van der Waals surface area (Å²) in [6, 6.07) is 4.19. The second kappa shape index (κ2) is 5.38. The van der Waals surface area contributed by atoms with Gasteiger partial charge in [0.1, 0.15) is 11.4 Å². The van der Waals surface area contributed by atoms with E-state index in [9.17, 15) is 0 Å². The highest BCUT2D eigenvalue weighted by molar-refractivity contribution is 7.98. The van der Waals surface area contributed by atoms with Crippen molar-refractivity contribution in [2.45, 2.75) is 11.6 Å². The molecular weight excluding hydrogens is 270 g/mol. The van der Waals surface area contributed by atoms with Gasteiger partial charge in [0.2, 0.25) is 0 Å². The van der Waals surface area contributed by atoms with E-state index in [1.807, 2.05) is 18.6 Å². The summed E-state index contributed by atoms with van der Waals surface area (Å²) in [4.78, 5) is 15.3. The van der Waals surface area contributed by atoms with Crippen LogP contribution in [-0.2, 0) is 6.54 Å². The fraction of sp³-hybridized carbons (Fsp3) is 0.357. The maximum atomic E-state index is 4.48. The van der Waals surface area contributed by atoms with Crippen LogP contribution in [0.3, 0.4) is 0 Å². The van der Waals surface area contributed by atoms with Crippen LogP contribution in [0.1, 0.15) is 0 Å². The highest BCUT2D eigenvalue weighted by Gasteiger charge is 2.09. The zero-order valence-corrected chi connectivity index (χ0v) is 12.7. The van der Waals surface area contributed by atoms with Crippen molar-refractivity contribution in [2.75, 3.05) is 26.9 Å². The van der Waals surface area contributed by atoms with E-state index in [2.05, 4.69) is 44.6 Å². The van der Waals surface area contributed by atoms with Crippen molar-refractivity contribution in [3.63, 3.8) is 0 Å². The van der Waals surface area contributed by atoms with E-state index < -0.39 is 0 Å². The van der Waals surface area contributed by atoms with Crippen molar-refractivity contribution in [3.8, 4) is 0 Å². The topological polar surface area (TPSA) is 46.8 Å². The molecule has 104 valence electrons.